The van der Waals surface area contributed by atoms with E-state index in [2.05, 4.69) is 224 Å². The molecule has 0 spiro atoms. The first-order valence-corrected chi connectivity index (χ1v) is 23.1. The summed E-state index contributed by atoms with van der Waals surface area (Å²) in [7, 11) is 0. The molecule has 13 aromatic rings. The number of aromatic nitrogens is 1. The molecule has 1 aliphatic rings. The Morgan fingerprint density at radius 2 is 0.955 bits per heavy atom. The van der Waals surface area contributed by atoms with Gasteiger partial charge in [0.25, 0.3) is 0 Å². The fourth-order valence-electron chi connectivity index (χ4n) is 11.2. The van der Waals surface area contributed by atoms with Crippen LogP contribution < -0.4 is 4.90 Å². The lowest BCUT2D eigenvalue weighted by atomic mass is 9.82. The fourth-order valence-corrected chi connectivity index (χ4v) is 11.2. The summed E-state index contributed by atoms with van der Waals surface area (Å²) in [5.41, 5.74) is 20.1. The summed E-state index contributed by atoms with van der Waals surface area (Å²) in [5, 5.41) is 7.01. The minimum Gasteiger partial charge on any atom is -0.456 e. The lowest BCUT2D eigenvalue weighted by Gasteiger charge is -2.28. The molecule has 0 N–H and O–H groups in total. The molecule has 316 valence electrons. The highest BCUT2D eigenvalue weighted by Crippen LogP contribution is 2.51. The minimum atomic E-state index is -0.127. The van der Waals surface area contributed by atoms with Gasteiger partial charge in [0.05, 0.1) is 11.0 Å². The van der Waals surface area contributed by atoms with E-state index < -0.39 is 0 Å². The van der Waals surface area contributed by atoms with Crippen molar-refractivity contribution in [3.63, 3.8) is 0 Å². The number of rotatable bonds is 6. The third-order valence-corrected chi connectivity index (χ3v) is 14.4. The van der Waals surface area contributed by atoms with Crippen LogP contribution in [0, 0.1) is 0 Å². The van der Waals surface area contributed by atoms with Crippen LogP contribution in [0.5, 0.6) is 0 Å². The van der Waals surface area contributed by atoms with Crippen molar-refractivity contribution in [2.45, 2.75) is 19.3 Å². The van der Waals surface area contributed by atoms with Crippen LogP contribution in [0.1, 0.15) is 25.0 Å². The number of benzene rings is 10. The van der Waals surface area contributed by atoms with Crippen LogP contribution >= 0.6 is 0 Å². The first-order valence-electron chi connectivity index (χ1n) is 23.1. The van der Waals surface area contributed by atoms with Crippen molar-refractivity contribution in [3.05, 3.63) is 230 Å². The van der Waals surface area contributed by atoms with Gasteiger partial charge in [-0.3, -0.25) is 0 Å². The maximum atomic E-state index is 6.46. The summed E-state index contributed by atoms with van der Waals surface area (Å²) in [4.78, 5) is 2.39. The molecular weight excluding hydrogens is 817 g/mol. The summed E-state index contributed by atoms with van der Waals surface area (Å²) in [6.45, 7) is 4.70. The number of hydrogen-bond donors (Lipinski definition) is 0. The zero-order chi connectivity index (χ0) is 44.4. The van der Waals surface area contributed by atoms with Gasteiger partial charge in [-0.05, 0) is 118 Å². The maximum Gasteiger partial charge on any atom is 0.143 e. The topological polar surface area (TPSA) is 34.5 Å². The molecule has 0 radical (unpaired) electrons. The molecule has 14 rings (SSSR count). The SMILES string of the molecule is CC1(C)c2ccccc2-c2ccc(N(c3ccc(-c4ccc(-n5c6ccccc6c6c7c(ccc65)oc5ccccc57)cc4)cc3)c3ccc(-c4cccc5c4oc4ccccc45)cc3)cc21. The predicted octanol–water partition coefficient (Wildman–Crippen LogP) is 17.7. The number of fused-ring (bicyclic) bond motifs is 13. The van der Waals surface area contributed by atoms with Crippen molar-refractivity contribution >= 4 is 82.7 Å². The number of para-hydroxylation sites is 4. The van der Waals surface area contributed by atoms with Crippen LogP contribution in [0.2, 0.25) is 0 Å². The van der Waals surface area contributed by atoms with E-state index in [1.807, 2.05) is 18.2 Å². The molecular formula is C63H42N2O2. The van der Waals surface area contributed by atoms with Gasteiger partial charge in [0.15, 0.2) is 0 Å². The Balaban J connectivity index is 0.847. The van der Waals surface area contributed by atoms with Crippen LogP contribution in [0.4, 0.5) is 17.1 Å². The second-order valence-corrected chi connectivity index (χ2v) is 18.4. The van der Waals surface area contributed by atoms with Gasteiger partial charge in [-0.2, -0.15) is 0 Å². The van der Waals surface area contributed by atoms with E-state index in [4.69, 9.17) is 8.83 Å². The van der Waals surface area contributed by atoms with Gasteiger partial charge in [0.2, 0.25) is 0 Å². The van der Waals surface area contributed by atoms with E-state index in [9.17, 15) is 0 Å². The van der Waals surface area contributed by atoms with Crippen LogP contribution in [0.3, 0.4) is 0 Å². The van der Waals surface area contributed by atoms with E-state index in [0.717, 1.165) is 89.0 Å². The molecule has 0 bridgehead atoms. The van der Waals surface area contributed by atoms with Crippen LogP contribution in [-0.2, 0) is 5.41 Å². The average Bonchev–Trinajstić information content (AvgIpc) is 4.11. The highest BCUT2D eigenvalue weighted by molar-refractivity contribution is 6.27. The summed E-state index contributed by atoms with van der Waals surface area (Å²) in [6, 6.07) is 78.9. The van der Waals surface area contributed by atoms with Crippen molar-refractivity contribution in [2.24, 2.45) is 0 Å². The summed E-state index contributed by atoms with van der Waals surface area (Å²) in [5.74, 6) is 0. The van der Waals surface area contributed by atoms with Gasteiger partial charge >= 0.3 is 0 Å². The Hall–Kier alpha value is -8.60. The normalized spacial score (nSPS) is 13.0. The monoisotopic (exact) mass is 858 g/mol. The Bertz CT molecular complexity index is 4110. The number of hydrogen-bond acceptors (Lipinski definition) is 3. The molecule has 1 aliphatic carbocycles. The van der Waals surface area contributed by atoms with E-state index in [1.165, 1.54) is 43.9 Å². The van der Waals surface area contributed by atoms with Gasteiger partial charge in [-0.1, -0.05) is 153 Å². The second kappa shape index (κ2) is 14.2. The summed E-state index contributed by atoms with van der Waals surface area (Å²) < 4.78 is 15.2. The van der Waals surface area contributed by atoms with Gasteiger partial charge in [0.1, 0.15) is 22.3 Å². The zero-order valence-electron chi connectivity index (χ0n) is 37.0. The third kappa shape index (κ3) is 5.60. The highest BCUT2D eigenvalue weighted by Gasteiger charge is 2.36. The van der Waals surface area contributed by atoms with Crippen LogP contribution in [-0.4, -0.2) is 4.57 Å². The minimum absolute atomic E-state index is 0.127. The lowest BCUT2D eigenvalue weighted by molar-refractivity contribution is 0.660. The molecule has 0 unspecified atom stereocenters. The van der Waals surface area contributed by atoms with E-state index >= 15 is 0 Å². The van der Waals surface area contributed by atoms with Crippen molar-refractivity contribution < 1.29 is 8.83 Å². The van der Waals surface area contributed by atoms with Gasteiger partial charge < -0.3 is 18.3 Å². The first kappa shape index (κ1) is 37.7. The van der Waals surface area contributed by atoms with Gasteiger partial charge in [-0.15, -0.1) is 0 Å². The Labute approximate surface area is 387 Å². The summed E-state index contributed by atoms with van der Waals surface area (Å²) >= 11 is 0. The quantitative estimate of drug-likeness (QED) is 0.167. The Kier molecular flexibility index (Phi) is 8.00. The number of nitrogens with zero attached hydrogens (tertiary/aromatic N) is 2. The average molecular weight is 859 g/mol. The Morgan fingerprint density at radius 1 is 0.373 bits per heavy atom. The van der Waals surface area contributed by atoms with Crippen LogP contribution in [0.25, 0.3) is 105 Å². The van der Waals surface area contributed by atoms with Crippen molar-refractivity contribution in [1.82, 2.24) is 4.57 Å². The molecule has 4 nitrogen and oxygen atoms in total. The molecule has 0 amide bonds. The first-order chi connectivity index (χ1) is 33.0. The van der Waals surface area contributed by atoms with Gasteiger partial charge in [-0.25, -0.2) is 0 Å². The fraction of sp³-hybridized carbons (Fsp3) is 0.0476. The largest absolute Gasteiger partial charge is 0.456 e. The van der Waals surface area contributed by atoms with Crippen molar-refractivity contribution in [2.75, 3.05) is 4.90 Å². The van der Waals surface area contributed by atoms with Crippen molar-refractivity contribution in [3.8, 4) is 39.1 Å². The molecule has 3 heterocycles. The predicted molar refractivity (Wildman–Crippen MR) is 278 cm³/mol. The zero-order valence-corrected chi connectivity index (χ0v) is 37.0. The maximum absolute atomic E-state index is 6.46. The smallest absolute Gasteiger partial charge is 0.143 e. The number of anilines is 3. The summed E-state index contributed by atoms with van der Waals surface area (Å²) in [6.07, 6.45) is 0. The molecule has 4 heteroatoms. The lowest BCUT2D eigenvalue weighted by Crippen LogP contribution is -2.16. The third-order valence-electron chi connectivity index (χ3n) is 14.4. The molecule has 0 fully saturated rings. The molecule has 0 aliphatic heterocycles. The van der Waals surface area contributed by atoms with E-state index in [-0.39, 0.29) is 5.41 Å². The Morgan fingerprint density at radius 3 is 1.73 bits per heavy atom. The van der Waals surface area contributed by atoms with E-state index in [1.54, 1.807) is 0 Å². The molecule has 0 saturated heterocycles. The van der Waals surface area contributed by atoms with Crippen molar-refractivity contribution in [1.29, 1.82) is 0 Å². The molecule has 0 atom stereocenters. The van der Waals surface area contributed by atoms with E-state index in [0.29, 0.717) is 0 Å². The number of furan rings is 2. The molecule has 67 heavy (non-hydrogen) atoms. The second-order valence-electron chi connectivity index (χ2n) is 18.4. The van der Waals surface area contributed by atoms with Crippen LogP contribution in [0.15, 0.2) is 227 Å². The highest BCUT2D eigenvalue weighted by atomic mass is 16.3. The molecule has 10 aromatic carbocycles. The standard InChI is InChI=1S/C63H42N2O2/c1-63(2)53-18-7-3-12-47(53)48-35-34-45(38-54(48)63)64(43-32-26-41(27-33-43)46-16-11-17-50-49-13-5-9-20-57(49)67-62(46)50)42-28-22-39(23-29-42)40-24-30-44(31-25-40)65-55-19-8-4-14-51(55)60-56(65)36-37-59-61(60)52-15-6-10-21-58(52)66-59/h3-38H,1-2H3. The molecule has 3 aromatic heterocycles. The molecule has 0 saturated carbocycles. The van der Waals surface area contributed by atoms with Gasteiger partial charge in [0, 0.05) is 66.0 Å².